The van der Waals surface area contributed by atoms with Crippen molar-refractivity contribution in [2.45, 2.75) is 12.6 Å². The van der Waals surface area contributed by atoms with Crippen LogP contribution in [0.25, 0.3) is 0 Å². The van der Waals surface area contributed by atoms with Crippen LogP contribution < -0.4 is 15.0 Å². The molecule has 3 rings (SSSR count). The summed E-state index contributed by atoms with van der Waals surface area (Å²) < 4.78 is 43.2. The smallest absolute Gasteiger partial charge is 0.416 e. The minimum absolute atomic E-state index is 0.0242. The summed E-state index contributed by atoms with van der Waals surface area (Å²) in [4.78, 5) is 14.2. The normalized spacial score (nSPS) is 17.0. The fourth-order valence-corrected chi connectivity index (χ4v) is 3.09. The van der Waals surface area contributed by atoms with Gasteiger partial charge in [0.25, 0.3) is 5.91 Å². The summed E-state index contributed by atoms with van der Waals surface area (Å²) in [5.41, 5.74) is 0.367. The number of para-hydroxylation sites is 1. The molecule has 4 nitrogen and oxygen atoms in total. The molecule has 27 heavy (non-hydrogen) atoms. The Morgan fingerprint density at radius 2 is 1.93 bits per heavy atom. The van der Waals surface area contributed by atoms with Gasteiger partial charge < -0.3 is 15.0 Å². The highest BCUT2D eigenvalue weighted by molar-refractivity contribution is 5.77. The highest BCUT2D eigenvalue weighted by Gasteiger charge is 2.30. The van der Waals surface area contributed by atoms with E-state index in [9.17, 15) is 18.0 Å². The molecule has 0 spiro atoms. The lowest BCUT2D eigenvalue weighted by Crippen LogP contribution is -2.34. The number of hydrogen-bond donors (Lipinski definition) is 1. The number of amides is 1. The Labute approximate surface area is 155 Å². The van der Waals surface area contributed by atoms with E-state index in [0.29, 0.717) is 12.5 Å². The summed E-state index contributed by atoms with van der Waals surface area (Å²) in [7, 11) is 0. The highest BCUT2D eigenvalue weighted by Crippen LogP contribution is 2.31. The topological polar surface area (TPSA) is 41.6 Å². The molecule has 1 aliphatic heterocycles. The molecule has 0 aliphatic carbocycles. The Morgan fingerprint density at radius 1 is 1.15 bits per heavy atom. The molecule has 1 N–H and O–H groups in total. The van der Waals surface area contributed by atoms with Crippen molar-refractivity contribution in [2.24, 2.45) is 5.92 Å². The number of nitrogens with zero attached hydrogens (tertiary/aromatic N) is 1. The van der Waals surface area contributed by atoms with E-state index >= 15 is 0 Å². The van der Waals surface area contributed by atoms with Gasteiger partial charge in [-0.25, -0.2) is 0 Å². The number of alkyl halides is 3. The number of nitrogens with one attached hydrogen (secondary N) is 1. The van der Waals surface area contributed by atoms with Gasteiger partial charge >= 0.3 is 6.18 Å². The molecule has 144 valence electrons. The number of benzene rings is 2. The molecule has 0 bridgehead atoms. The molecular formula is C20H21F3N2O2. The predicted octanol–water partition coefficient (Wildman–Crippen LogP) is 3.73. The van der Waals surface area contributed by atoms with Crippen molar-refractivity contribution >= 4 is 11.6 Å². The van der Waals surface area contributed by atoms with Crippen molar-refractivity contribution in [1.29, 1.82) is 0 Å². The van der Waals surface area contributed by atoms with E-state index in [1.165, 1.54) is 17.8 Å². The van der Waals surface area contributed by atoms with Crippen molar-refractivity contribution in [3.63, 3.8) is 0 Å². The van der Waals surface area contributed by atoms with E-state index in [2.05, 4.69) is 22.3 Å². The molecule has 1 unspecified atom stereocenters. The fraction of sp³-hybridized carbons (Fsp3) is 0.350. The molecule has 2 aromatic carbocycles. The Bertz CT molecular complexity index is 765. The van der Waals surface area contributed by atoms with Gasteiger partial charge in [-0.05, 0) is 42.7 Å². The molecular weight excluding hydrogens is 357 g/mol. The van der Waals surface area contributed by atoms with E-state index < -0.39 is 11.7 Å². The molecule has 0 aromatic heterocycles. The molecule has 1 fully saturated rings. The Morgan fingerprint density at radius 3 is 2.67 bits per heavy atom. The van der Waals surface area contributed by atoms with Gasteiger partial charge in [0.05, 0.1) is 5.56 Å². The number of ether oxygens (including phenoxy) is 1. The third-order valence-electron chi connectivity index (χ3n) is 4.53. The number of halogens is 3. The van der Waals surface area contributed by atoms with Crippen LogP contribution in [0.3, 0.4) is 0 Å². The average Bonchev–Trinajstić information content (AvgIpc) is 3.14. The maximum absolute atomic E-state index is 12.7. The standard InChI is InChI=1S/C20H21F3N2O2/c21-20(22,23)16-5-4-8-18(11-16)27-14-19(26)24-12-15-9-10-25(13-15)17-6-2-1-3-7-17/h1-8,11,15H,9-10,12-14H2,(H,24,26). The van der Waals surface area contributed by atoms with Gasteiger partial charge in [-0.2, -0.15) is 13.2 Å². The van der Waals surface area contributed by atoms with Crippen LogP contribution in [0.1, 0.15) is 12.0 Å². The van der Waals surface area contributed by atoms with E-state index in [-0.39, 0.29) is 18.3 Å². The average molecular weight is 378 g/mol. The second-order valence-electron chi connectivity index (χ2n) is 6.55. The van der Waals surface area contributed by atoms with Crippen LogP contribution >= 0.6 is 0 Å². The summed E-state index contributed by atoms with van der Waals surface area (Å²) in [5, 5.41) is 2.80. The lowest BCUT2D eigenvalue weighted by Gasteiger charge is -2.18. The molecule has 1 heterocycles. The minimum Gasteiger partial charge on any atom is -0.484 e. The monoisotopic (exact) mass is 378 g/mol. The Kier molecular flexibility index (Phi) is 5.88. The van der Waals surface area contributed by atoms with E-state index in [1.54, 1.807) is 0 Å². The number of carbonyl (C=O) groups is 1. The molecule has 2 aromatic rings. The molecule has 1 atom stereocenters. The summed E-state index contributed by atoms with van der Waals surface area (Å²) >= 11 is 0. The number of carbonyl (C=O) groups excluding carboxylic acids is 1. The minimum atomic E-state index is -4.44. The van der Waals surface area contributed by atoms with Gasteiger partial charge in [-0.3, -0.25) is 4.79 Å². The first-order valence-corrected chi connectivity index (χ1v) is 8.78. The molecule has 7 heteroatoms. The van der Waals surface area contributed by atoms with Gasteiger partial charge in [-0.15, -0.1) is 0 Å². The third-order valence-corrected chi connectivity index (χ3v) is 4.53. The van der Waals surface area contributed by atoms with E-state index in [4.69, 9.17) is 4.74 Å². The number of anilines is 1. The first-order chi connectivity index (χ1) is 12.9. The van der Waals surface area contributed by atoms with Crippen LogP contribution in [-0.4, -0.2) is 32.1 Å². The third kappa shape index (κ3) is 5.39. The lowest BCUT2D eigenvalue weighted by molar-refractivity contribution is -0.137. The summed E-state index contributed by atoms with van der Waals surface area (Å²) in [6.07, 6.45) is -3.46. The first-order valence-electron chi connectivity index (χ1n) is 8.78. The van der Waals surface area contributed by atoms with Gasteiger partial charge in [-0.1, -0.05) is 24.3 Å². The largest absolute Gasteiger partial charge is 0.484 e. The molecule has 0 saturated carbocycles. The van der Waals surface area contributed by atoms with Crippen LogP contribution in [0.5, 0.6) is 5.75 Å². The molecule has 0 radical (unpaired) electrons. The van der Waals surface area contributed by atoms with Gasteiger partial charge in [0.1, 0.15) is 5.75 Å². The maximum Gasteiger partial charge on any atom is 0.416 e. The van der Waals surface area contributed by atoms with E-state index in [1.807, 2.05) is 18.2 Å². The van der Waals surface area contributed by atoms with Crippen LogP contribution in [0.2, 0.25) is 0 Å². The van der Waals surface area contributed by atoms with Crippen molar-refractivity contribution in [3.8, 4) is 5.75 Å². The van der Waals surface area contributed by atoms with Crippen molar-refractivity contribution in [1.82, 2.24) is 5.32 Å². The summed E-state index contributed by atoms with van der Waals surface area (Å²) in [5.74, 6) is 0.0179. The van der Waals surface area contributed by atoms with Crippen molar-refractivity contribution in [2.75, 3.05) is 31.1 Å². The zero-order chi connectivity index (χ0) is 19.3. The Hall–Kier alpha value is -2.70. The lowest BCUT2D eigenvalue weighted by atomic mass is 10.1. The van der Waals surface area contributed by atoms with Gasteiger partial charge in [0.2, 0.25) is 0 Å². The zero-order valence-electron chi connectivity index (χ0n) is 14.7. The van der Waals surface area contributed by atoms with Crippen LogP contribution in [0.4, 0.5) is 18.9 Å². The summed E-state index contributed by atoms with van der Waals surface area (Å²) in [6.45, 7) is 2.01. The van der Waals surface area contributed by atoms with Crippen LogP contribution in [0, 0.1) is 5.92 Å². The van der Waals surface area contributed by atoms with Crippen LogP contribution in [0.15, 0.2) is 54.6 Å². The molecule has 1 saturated heterocycles. The van der Waals surface area contributed by atoms with Gasteiger partial charge in [0, 0.05) is 25.3 Å². The second kappa shape index (κ2) is 8.33. The number of rotatable bonds is 6. The second-order valence-corrected chi connectivity index (χ2v) is 6.55. The zero-order valence-corrected chi connectivity index (χ0v) is 14.7. The van der Waals surface area contributed by atoms with Crippen LogP contribution in [-0.2, 0) is 11.0 Å². The molecule has 1 amide bonds. The summed E-state index contributed by atoms with van der Waals surface area (Å²) in [6, 6.07) is 14.6. The Balaban J connectivity index is 1.42. The predicted molar refractivity (Wildman–Crippen MR) is 96.7 cm³/mol. The van der Waals surface area contributed by atoms with Crippen molar-refractivity contribution < 1.29 is 22.7 Å². The van der Waals surface area contributed by atoms with Gasteiger partial charge in [0.15, 0.2) is 6.61 Å². The van der Waals surface area contributed by atoms with Crippen molar-refractivity contribution in [3.05, 3.63) is 60.2 Å². The maximum atomic E-state index is 12.7. The molecule has 1 aliphatic rings. The highest BCUT2D eigenvalue weighted by atomic mass is 19.4. The number of hydrogen-bond acceptors (Lipinski definition) is 3. The quantitative estimate of drug-likeness (QED) is 0.833. The van der Waals surface area contributed by atoms with E-state index in [0.717, 1.165) is 31.6 Å². The first kappa shape index (κ1) is 19.1. The SMILES string of the molecule is O=C(COc1cccc(C(F)(F)F)c1)NCC1CCN(c2ccccc2)C1. The fourth-order valence-electron chi connectivity index (χ4n) is 3.09.